The molecular weight excluding hydrogens is 234 g/mol. The van der Waals surface area contributed by atoms with Crippen LogP contribution >= 0.6 is 0 Å². The van der Waals surface area contributed by atoms with Crippen LogP contribution in [0.4, 0.5) is 4.79 Å². The molecule has 1 aromatic carbocycles. The molecule has 1 amide bonds. The molecule has 96 valence electrons. The number of carboxylic acid groups (broad SMARTS) is 1. The van der Waals surface area contributed by atoms with Crippen LogP contribution in [0.25, 0.3) is 11.0 Å². The quantitative estimate of drug-likeness (QED) is 0.726. The predicted molar refractivity (Wildman–Crippen MR) is 66.1 cm³/mol. The second-order valence-corrected chi connectivity index (χ2v) is 4.02. The van der Waals surface area contributed by atoms with Gasteiger partial charge in [0.15, 0.2) is 0 Å². The fraction of sp³-hybridized carbons (Fsp3) is 0.333. The highest BCUT2D eigenvalue weighted by Gasteiger charge is 2.16. The van der Waals surface area contributed by atoms with Gasteiger partial charge in [0.25, 0.3) is 0 Å². The summed E-state index contributed by atoms with van der Waals surface area (Å²) in [5.74, 6) is 0.621. The Morgan fingerprint density at radius 3 is 3.00 bits per heavy atom. The molecule has 1 atom stereocenters. The second-order valence-electron chi connectivity index (χ2n) is 4.02. The highest BCUT2D eigenvalue weighted by atomic mass is 16.7. The molecule has 1 unspecified atom stereocenters. The highest BCUT2D eigenvalue weighted by molar-refractivity contribution is 5.78. The maximum Gasteiger partial charge on any atom is 0.428 e. The number of hydrogen-bond donors (Lipinski definition) is 3. The van der Waals surface area contributed by atoms with Crippen molar-refractivity contribution >= 4 is 17.1 Å². The van der Waals surface area contributed by atoms with Crippen LogP contribution in [0, 0.1) is 6.92 Å². The lowest BCUT2D eigenvalue weighted by atomic mass is 10.2. The molecule has 0 fully saturated rings. The summed E-state index contributed by atoms with van der Waals surface area (Å²) in [5.41, 5.74) is 4.77. The molecule has 0 aliphatic carbocycles. The van der Waals surface area contributed by atoms with Crippen LogP contribution < -0.4 is 5.48 Å². The SMILES string of the molecule is CCC(ONC(=O)O)c1nc2c(C)cccc2[nH]1. The lowest BCUT2D eigenvalue weighted by Gasteiger charge is -2.11. The third-order valence-corrected chi connectivity index (χ3v) is 2.70. The summed E-state index contributed by atoms with van der Waals surface area (Å²) in [6.45, 7) is 3.87. The average molecular weight is 249 g/mol. The van der Waals surface area contributed by atoms with Gasteiger partial charge in [0, 0.05) is 0 Å². The first-order valence-corrected chi connectivity index (χ1v) is 5.71. The van der Waals surface area contributed by atoms with E-state index >= 15 is 0 Å². The molecule has 0 saturated carbocycles. The number of fused-ring (bicyclic) bond motifs is 1. The van der Waals surface area contributed by atoms with Crippen LogP contribution in [-0.2, 0) is 4.84 Å². The summed E-state index contributed by atoms with van der Waals surface area (Å²) in [6.07, 6.45) is -1.03. The van der Waals surface area contributed by atoms with Crippen molar-refractivity contribution in [1.82, 2.24) is 15.4 Å². The Labute approximate surface area is 104 Å². The van der Waals surface area contributed by atoms with E-state index < -0.39 is 12.2 Å². The minimum absolute atomic E-state index is 0.423. The van der Waals surface area contributed by atoms with E-state index in [0.29, 0.717) is 12.2 Å². The molecule has 1 heterocycles. The summed E-state index contributed by atoms with van der Waals surface area (Å²) >= 11 is 0. The molecule has 0 aliphatic heterocycles. The zero-order valence-electron chi connectivity index (χ0n) is 10.2. The topological polar surface area (TPSA) is 87.2 Å². The first kappa shape index (κ1) is 12.4. The van der Waals surface area contributed by atoms with E-state index in [1.807, 2.05) is 37.5 Å². The number of imidazole rings is 1. The van der Waals surface area contributed by atoms with Gasteiger partial charge in [-0.2, -0.15) is 5.48 Å². The Balaban J connectivity index is 2.28. The number of hydroxylamine groups is 1. The molecule has 0 radical (unpaired) electrons. The molecule has 18 heavy (non-hydrogen) atoms. The van der Waals surface area contributed by atoms with Crippen LogP contribution in [0.1, 0.15) is 30.8 Å². The standard InChI is InChI=1S/C12H15N3O3/c1-3-9(18-15-12(16)17)11-13-8-6-4-5-7(2)10(8)14-11/h4-6,9,15H,3H2,1-2H3,(H,13,14)(H,16,17). The third kappa shape index (κ3) is 2.43. The minimum Gasteiger partial charge on any atom is -0.464 e. The number of aromatic amines is 1. The molecule has 2 aromatic rings. The van der Waals surface area contributed by atoms with Gasteiger partial charge < -0.3 is 10.1 Å². The Morgan fingerprint density at radius 2 is 2.39 bits per heavy atom. The highest BCUT2D eigenvalue weighted by Crippen LogP contribution is 2.22. The zero-order valence-corrected chi connectivity index (χ0v) is 10.2. The number of para-hydroxylation sites is 1. The van der Waals surface area contributed by atoms with Gasteiger partial charge in [-0.15, -0.1) is 0 Å². The predicted octanol–water partition coefficient (Wildman–Crippen LogP) is 2.52. The summed E-state index contributed by atoms with van der Waals surface area (Å²) in [6, 6.07) is 5.84. The van der Waals surface area contributed by atoms with E-state index in [-0.39, 0.29) is 0 Å². The van der Waals surface area contributed by atoms with Crippen molar-refractivity contribution in [2.24, 2.45) is 0 Å². The minimum atomic E-state index is -1.22. The van der Waals surface area contributed by atoms with Crippen LogP contribution in [0.5, 0.6) is 0 Å². The monoisotopic (exact) mass is 249 g/mol. The Kier molecular flexibility index (Phi) is 3.47. The van der Waals surface area contributed by atoms with E-state index in [1.165, 1.54) is 0 Å². The number of hydrogen-bond acceptors (Lipinski definition) is 3. The number of rotatable bonds is 4. The van der Waals surface area contributed by atoms with Crippen molar-refractivity contribution in [2.45, 2.75) is 26.4 Å². The fourth-order valence-corrected chi connectivity index (χ4v) is 1.80. The number of amides is 1. The molecule has 6 nitrogen and oxygen atoms in total. The first-order valence-electron chi connectivity index (χ1n) is 5.71. The van der Waals surface area contributed by atoms with E-state index in [4.69, 9.17) is 9.94 Å². The van der Waals surface area contributed by atoms with E-state index in [1.54, 1.807) is 0 Å². The molecule has 0 aliphatic rings. The van der Waals surface area contributed by atoms with Gasteiger partial charge in [-0.25, -0.2) is 9.78 Å². The number of H-pyrrole nitrogens is 1. The van der Waals surface area contributed by atoms with Gasteiger partial charge in [-0.1, -0.05) is 19.1 Å². The molecule has 1 aromatic heterocycles. The van der Waals surface area contributed by atoms with Crippen LogP contribution in [-0.4, -0.2) is 21.2 Å². The third-order valence-electron chi connectivity index (χ3n) is 2.70. The number of aromatic nitrogens is 2. The molecule has 0 bridgehead atoms. The Hall–Kier alpha value is -2.08. The molecule has 3 N–H and O–H groups in total. The van der Waals surface area contributed by atoms with Crippen LogP contribution in [0.3, 0.4) is 0 Å². The number of benzene rings is 1. The van der Waals surface area contributed by atoms with E-state index in [2.05, 4.69) is 9.97 Å². The summed E-state index contributed by atoms with van der Waals surface area (Å²) in [4.78, 5) is 23.1. The maximum absolute atomic E-state index is 10.4. The van der Waals surface area contributed by atoms with Gasteiger partial charge in [0.1, 0.15) is 11.9 Å². The number of nitrogens with one attached hydrogen (secondary N) is 2. The summed E-state index contributed by atoms with van der Waals surface area (Å²) in [7, 11) is 0. The number of carbonyl (C=O) groups is 1. The lowest BCUT2D eigenvalue weighted by Crippen LogP contribution is -2.24. The zero-order chi connectivity index (χ0) is 13.1. The average Bonchev–Trinajstić information content (AvgIpc) is 2.75. The van der Waals surface area contributed by atoms with E-state index in [9.17, 15) is 4.79 Å². The summed E-state index contributed by atoms with van der Waals surface area (Å²) < 4.78 is 0. The fourth-order valence-electron chi connectivity index (χ4n) is 1.80. The van der Waals surface area contributed by atoms with Crippen molar-refractivity contribution in [1.29, 1.82) is 0 Å². The van der Waals surface area contributed by atoms with Crippen LogP contribution in [0.2, 0.25) is 0 Å². The lowest BCUT2D eigenvalue weighted by molar-refractivity contribution is -0.0229. The summed E-state index contributed by atoms with van der Waals surface area (Å²) in [5, 5.41) is 8.52. The normalized spacial score (nSPS) is 12.6. The molecule has 0 spiro atoms. The smallest absolute Gasteiger partial charge is 0.428 e. The Morgan fingerprint density at radius 1 is 1.61 bits per heavy atom. The van der Waals surface area contributed by atoms with Crippen molar-refractivity contribution in [3.05, 3.63) is 29.6 Å². The van der Waals surface area contributed by atoms with Gasteiger partial charge in [-0.3, -0.25) is 4.84 Å². The maximum atomic E-state index is 10.4. The van der Waals surface area contributed by atoms with Gasteiger partial charge in [0.05, 0.1) is 11.0 Å². The van der Waals surface area contributed by atoms with Gasteiger partial charge >= 0.3 is 6.09 Å². The molecule has 2 rings (SSSR count). The van der Waals surface area contributed by atoms with Gasteiger partial charge in [-0.05, 0) is 25.0 Å². The molecule has 6 heteroatoms. The molecular formula is C12H15N3O3. The number of nitrogens with zero attached hydrogens (tertiary/aromatic N) is 1. The second kappa shape index (κ2) is 5.05. The molecule has 0 saturated heterocycles. The van der Waals surface area contributed by atoms with Crippen molar-refractivity contribution in [3.63, 3.8) is 0 Å². The van der Waals surface area contributed by atoms with Crippen molar-refractivity contribution < 1.29 is 14.7 Å². The van der Waals surface area contributed by atoms with Crippen molar-refractivity contribution in [3.8, 4) is 0 Å². The van der Waals surface area contributed by atoms with Crippen LogP contribution in [0.15, 0.2) is 18.2 Å². The first-order chi connectivity index (χ1) is 8.61. The van der Waals surface area contributed by atoms with E-state index in [0.717, 1.165) is 16.6 Å². The largest absolute Gasteiger partial charge is 0.464 e. The number of aryl methyl sites for hydroxylation is 1. The van der Waals surface area contributed by atoms with Crippen molar-refractivity contribution in [2.75, 3.05) is 0 Å². The van der Waals surface area contributed by atoms with Gasteiger partial charge in [0.2, 0.25) is 0 Å². The Bertz CT molecular complexity index is 565.